The number of nitrogens with zero attached hydrogens (tertiary/aromatic N) is 3. The summed E-state index contributed by atoms with van der Waals surface area (Å²) in [6.45, 7) is 2.71. The molecule has 1 aliphatic heterocycles. The standard InChI is InChI=1S/C23H24N6O3/c1-14(30)29-20-3-2-16(13-28-20)19-12-15(4-8-26-19)22(25)21-18(24)5-9-27-23(21)32-17-6-10-31-11-7-17/h2-5,8-9,12-13,17,25H,6-7,10-11H2,1H3,(H2,24,27)(H,28,29,30). The Hall–Kier alpha value is -3.85. The van der Waals surface area contributed by atoms with E-state index in [2.05, 4.69) is 20.3 Å². The van der Waals surface area contributed by atoms with Crippen molar-refractivity contribution in [3.63, 3.8) is 0 Å². The van der Waals surface area contributed by atoms with Gasteiger partial charge in [-0.15, -0.1) is 0 Å². The molecule has 0 saturated carbocycles. The van der Waals surface area contributed by atoms with Crippen LogP contribution in [-0.4, -0.2) is 45.9 Å². The lowest BCUT2D eigenvalue weighted by molar-refractivity contribution is -0.114. The van der Waals surface area contributed by atoms with Gasteiger partial charge in [0.15, 0.2) is 0 Å². The first kappa shape index (κ1) is 21.4. The Morgan fingerprint density at radius 2 is 1.94 bits per heavy atom. The smallest absolute Gasteiger partial charge is 0.225 e. The minimum absolute atomic E-state index is 0.0224. The van der Waals surface area contributed by atoms with Gasteiger partial charge in [0.05, 0.1) is 30.2 Å². The zero-order valence-corrected chi connectivity index (χ0v) is 17.7. The molecule has 0 spiro atoms. The highest BCUT2D eigenvalue weighted by Gasteiger charge is 2.22. The molecule has 0 radical (unpaired) electrons. The first-order valence-corrected chi connectivity index (χ1v) is 10.3. The minimum atomic E-state index is -0.188. The molecule has 0 unspecified atom stereocenters. The predicted molar refractivity (Wildman–Crippen MR) is 121 cm³/mol. The van der Waals surface area contributed by atoms with Crippen molar-refractivity contribution in [2.45, 2.75) is 25.9 Å². The van der Waals surface area contributed by atoms with Gasteiger partial charge in [0.2, 0.25) is 11.8 Å². The van der Waals surface area contributed by atoms with E-state index < -0.39 is 0 Å². The maximum atomic E-state index is 11.2. The zero-order chi connectivity index (χ0) is 22.5. The lowest BCUT2D eigenvalue weighted by atomic mass is 10.0. The summed E-state index contributed by atoms with van der Waals surface area (Å²) < 4.78 is 11.5. The monoisotopic (exact) mass is 432 g/mol. The molecule has 32 heavy (non-hydrogen) atoms. The van der Waals surface area contributed by atoms with Crippen LogP contribution in [0.25, 0.3) is 11.3 Å². The van der Waals surface area contributed by atoms with Crippen LogP contribution in [0.15, 0.2) is 48.9 Å². The van der Waals surface area contributed by atoms with Crippen LogP contribution in [0.1, 0.15) is 30.9 Å². The van der Waals surface area contributed by atoms with E-state index in [0.717, 1.165) is 18.4 Å². The molecular weight excluding hydrogens is 408 g/mol. The number of pyridine rings is 3. The summed E-state index contributed by atoms with van der Waals surface area (Å²) in [5.41, 5.74) is 9.32. The molecule has 4 rings (SSSR count). The number of hydrogen-bond donors (Lipinski definition) is 3. The van der Waals surface area contributed by atoms with Crippen LogP contribution in [-0.2, 0) is 9.53 Å². The molecule has 4 N–H and O–H groups in total. The number of carbonyl (C=O) groups excluding carboxylic acids is 1. The topological polar surface area (TPSA) is 136 Å². The molecule has 1 saturated heterocycles. The molecule has 0 bridgehead atoms. The zero-order valence-electron chi connectivity index (χ0n) is 17.7. The third-order valence-corrected chi connectivity index (χ3v) is 5.06. The molecule has 0 atom stereocenters. The number of anilines is 2. The summed E-state index contributed by atoms with van der Waals surface area (Å²) in [6, 6.07) is 8.71. The molecule has 3 aromatic rings. The van der Waals surface area contributed by atoms with Gasteiger partial charge in [-0.2, -0.15) is 0 Å². The highest BCUT2D eigenvalue weighted by Crippen LogP contribution is 2.28. The highest BCUT2D eigenvalue weighted by molar-refractivity contribution is 6.15. The molecule has 1 amide bonds. The molecule has 3 aromatic heterocycles. The van der Waals surface area contributed by atoms with Gasteiger partial charge in [0.1, 0.15) is 11.9 Å². The van der Waals surface area contributed by atoms with E-state index >= 15 is 0 Å². The molecule has 0 aromatic carbocycles. The van der Waals surface area contributed by atoms with E-state index in [1.54, 1.807) is 42.9 Å². The van der Waals surface area contributed by atoms with Crippen LogP contribution in [0.3, 0.4) is 0 Å². The molecule has 1 fully saturated rings. The molecule has 1 aliphatic rings. The van der Waals surface area contributed by atoms with Crippen molar-refractivity contribution in [2.24, 2.45) is 0 Å². The average Bonchev–Trinajstić information content (AvgIpc) is 2.80. The number of hydrogen-bond acceptors (Lipinski definition) is 8. The first-order valence-electron chi connectivity index (χ1n) is 10.3. The summed E-state index contributed by atoms with van der Waals surface area (Å²) in [6.07, 6.45) is 6.35. The normalized spacial score (nSPS) is 14.0. The van der Waals surface area contributed by atoms with Gasteiger partial charge in [-0.3, -0.25) is 15.2 Å². The SMILES string of the molecule is CC(=O)Nc1ccc(-c2cc(C(=N)c3c(N)ccnc3OC3CCOCC3)ccn2)cn1. The van der Waals surface area contributed by atoms with Gasteiger partial charge in [-0.05, 0) is 30.3 Å². The number of rotatable bonds is 6. The Bertz CT molecular complexity index is 1130. The number of aromatic nitrogens is 3. The fraction of sp³-hybridized carbons (Fsp3) is 0.261. The van der Waals surface area contributed by atoms with Crippen molar-refractivity contribution in [2.75, 3.05) is 24.3 Å². The molecule has 164 valence electrons. The maximum absolute atomic E-state index is 11.2. The van der Waals surface area contributed by atoms with Crippen LogP contribution in [0.5, 0.6) is 5.88 Å². The fourth-order valence-corrected chi connectivity index (χ4v) is 3.44. The van der Waals surface area contributed by atoms with Crippen molar-refractivity contribution < 1.29 is 14.3 Å². The van der Waals surface area contributed by atoms with Crippen LogP contribution < -0.4 is 15.8 Å². The molecular formula is C23H24N6O3. The minimum Gasteiger partial charge on any atom is -0.474 e. The van der Waals surface area contributed by atoms with Crippen LogP contribution in [0.4, 0.5) is 11.5 Å². The first-order chi connectivity index (χ1) is 15.5. The van der Waals surface area contributed by atoms with Crippen molar-refractivity contribution in [3.8, 4) is 17.1 Å². The largest absolute Gasteiger partial charge is 0.474 e. The van der Waals surface area contributed by atoms with Gasteiger partial charge in [0, 0.05) is 55.2 Å². The van der Waals surface area contributed by atoms with Crippen molar-refractivity contribution in [1.29, 1.82) is 5.41 Å². The van der Waals surface area contributed by atoms with Gasteiger partial charge < -0.3 is 20.5 Å². The number of amides is 1. The van der Waals surface area contributed by atoms with Crippen LogP contribution in [0.2, 0.25) is 0 Å². The maximum Gasteiger partial charge on any atom is 0.225 e. The summed E-state index contributed by atoms with van der Waals surface area (Å²) in [5, 5.41) is 11.5. The van der Waals surface area contributed by atoms with Crippen molar-refractivity contribution >= 4 is 23.1 Å². The molecule has 9 nitrogen and oxygen atoms in total. The van der Waals surface area contributed by atoms with E-state index in [4.69, 9.17) is 20.6 Å². The summed E-state index contributed by atoms with van der Waals surface area (Å²) in [5.74, 6) is 0.622. The third-order valence-electron chi connectivity index (χ3n) is 5.06. The fourth-order valence-electron chi connectivity index (χ4n) is 3.44. The number of ether oxygens (including phenoxy) is 2. The Labute approximate surface area is 185 Å². The summed E-state index contributed by atoms with van der Waals surface area (Å²) in [7, 11) is 0. The van der Waals surface area contributed by atoms with Gasteiger partial charge in [-0.1, -0.05) is 0 Å². The van der Waals surface area contributed by atoms with E-state index in [1.165, 1.54) is 6.92 Å². The third kappa shape index (κ3) is 4.89. The van der Waals surface area contributed by atoms with Crippen molar-refractivity contribution in [3.05, 3.63) is 60.0 Å². The average molecular weight is 432 g/mol. The summed E-state index contributed by atoms with van der Waals surface area (Å²) in [4.78, 5) is 24.2. The van der Waals surface area contributed by atoms with Crippen LogP contribution >= 0.6 is 0 Å². The lowest BCUT2D eigenvalue weighted by Crippen LogP contribution is -2.27. The number of nitrogens with two attached hydrogens (primary N) is 1. The number of nitrogen functional groups attached to an aromatic ring is 1. The second-order valence-electron chi connectivity index (χ2n) is 7.43. The van der Waals surface area contributed by atoms with E-state index in [1.807, 2.05) is 6.07 Å². The van der Waals surface area contributed by atoms with Gasteiger partial charge in [0.25, 0.3) is 0 Å². The van der Waals surface area contributed by atoms with E-state index in [-0.39, 0.29) is 17.7 Å². The highest BCUT2D eigenvalue weighted by atomic mass is 16.5. The van der Waals surface area contributed by atoms with Gasteiger partial charge in [-0.25, -0.2) is 9.97 Å². The number of nitrogens with one attached hydrogen (secondary N) is 2. The van der Waals surface area contributed by atoms with Gasteiger partial charge >= 0.3 is 0 Å². The quantitative estimate of drug-likeness (QED) is 0.509. The van der Waals surface area contributed by atoms with Crippen molar-refractivity contribution in [1.82, 2.24) is 15.0 Å². The molecule has 9 heteroatoms. The lowest BCUT2D eigenvalue weighted by Gasteiger charge is -2.24. The summed E-state index contributed by atoms with van der Waals surface area (Å²) >= 11 is 0. The molecule has 0 aliphatic carbocycles. The second-order valence-corrected chi connectivity index (χ2v) is 7.43. The Balaban J connectivity index is 1.61. The van der Waals surface area contributed by atoms with E-state index in [0.29, 0.717) is 47.4 Å². The Morgan fingerprint density at radius 1 is 1.16 bits per heavy atom. The Kier molecular flexibility index (Phi) is 6.37. The molecule has 4 heterocycles. The predicted octanol–water partition coefficient (Wildman–Crippen LogP) is 3.05. The number of carbonyl (C=O) groups is 1. The van der Waals surface area contributed by atoms with E-state index in [9.17, 15) is 4.79 Å². The second kappa shape index (κ2) is 9.52. The Morgan fingerprint density at radius 3 is 2.66 bits per heavy atom. The van der Waals surface area contributed by atoms with Crippen LogP contribution in [0, 0.1) is 5.41 Å².